The van der Waals surface area contributed by atoms with Gasteiger partial charge in [-0.1, -0.05) is 0 Å². The lowest BCUT2D eigenvalue weighted by Gasteiger charge is -2.19. The molecule has 1 rings (SSSR count). The molecule has 4 nitrogen and oxygen atoms in total. The molecule has 0 fully saturated rings. The lowest BCUT2D eigenvalue weighted by molar-refractivity contribution is 0.101. The highest BCUT2D eigenvalue weighted by molar-refractivity contribution is 5.95. The van der Waals surface area contributed by atoms with E-state index in [2.05, 4.69) is 23.2 Å². The Morgan fingerprint density at radius 2 is 2.16 bits per heavy atom. The van der Waals surface area contributed by atoms with E-state index in [1.165, 1.54) is 6.92 Å². The summed E-state index contributed by atoms with van der Waals surface area (Å²) < 4.78 is 0. The highest BCUT2D eigenvalue weighted by Gasteiger charge is 2.09. The van der Waals surface area contributed by atoms with Gasteiger partial charge in [-0.15, -0.1) is 0 Å². The number of carbonyl (C=O) groups is 1. The van der Waals surface area contributed by atoms with Crippen LogP contribution in [0, 0.1) is 11.3 Å². The Morgan fingerprint density at radius 3 is 2.68 bits per heavy atom. The fourth-order valence-corrected chi connectivity index (χ4v) is 1.77. The van der Waals surface area contributed by atoms with Gasteiger partial charge >= 0.3 is 0 Å². The van der Waals surface area contributed by atoms with E-state index >= 15 is 0 Å². The quantitative estimate of drug-likeness (QED) is 0.798. The summed E-state index contributed by atoms with van der Waals surface area (Å²) in [6.45, 7) is 4.58. The minimum atomic E-state index is 0.00786. The van der Waals surface area contributed by atoms with Gasteiger partial charge in [-0.2, -0.15) is 5.26 Å². The SMILES string of the molecule is CC(=O)c1ccc(C#N)c(NC(C)CCN(C)C)c1. The molecule has 1 atom stereocenters. The highest BCUT2D eigenvalue weighted by Crippen LogP contribution is 2.19. The summed E-state index contributed by atoms with van der Waals surface area (Å²) in [4.78, 5) is 13.5. The number of nitrogens with zero attached hydrogens (tertiary/aromatic N) is 2. The van der Waals surface area contributed by atoms with Crippen molar-refractivity contribution in [3.05, 3.63) is 29.3 Å². The first-order chi connectivity index (χ1) is 8.93. The van der Waals surface area contributed by atoms with Crippen LogP contribution in [0.15, 0.2) is 18.2 Å². The Kier molecular flexibility index (Phi) is 5.53. The first kappa shape index (κ1) is 15.2. The van der Waals surface area contributed by atoms with Crippen molar-refractivity contribution in [2.24, 2.45) is 0 Å². The van der Waals surface area contributed by atoms with Crippen LogP contribution in [0.4, 0.5) is 5.69 Å². The van der Waals surface area contributed by atoms with Crippen LogP contribution in [0.25, 0.3) is 0 Å². The van der Waals surface area contributed by atoms with Gasteiger partial charge in [0.05, 0.1) is 11.3 Å². The summed E-state index contributed by atoms with van der Waals surface area (Å²) in [7, 11) is 4.06. The van der Waals surface area contributed by atoms with E-state index in [1.54, 1.807) is 18.2 Å². The minimum Gasteiger partial charge on any atom is -0.381 e. The van der Waals surface area contributed by atoms with Gasteiger partial charge in [0.1, 0.15) is 6.07 Å². The van der Waals surface area contributed by atoms with Gasteiger partial charge in [-0.05, 0) is 59.1 Å². The molecule has 0 saturated heterocycles. The van der Waals surface area contributed by atoms with Gasteiger partial charge in [0.25, 0.3) is 0 Å². The molecule has 0 amide bonds. The number of carbonyl (C=O) groups excluding carboxylic acids is 1. The molecule has 0 bridgehead atoms. The van der Waals surface area contributed by atoms with Crippen molar-refractivity contribution in [2.45, 2.75) is 26.3 Å². The fraction of sp³-hybridized carbons (Fsp3) is 0.467. The molecular weight excluding hydrogens is 238 g/mol. The van der Waals surface area contributed by atoms with Crippen LogP contribution in [0.3, 0.4) is 0 Å². The fourth-order valence-electron chi connectivity index (χ4n) is 1.77. The normalized spacial score (nSPS) is 12.0. The zero-order valence-electron chi connectivity index (χ0n) is 12.0. The van der Waals surface area contributed by atoms with Crippen molar-refractivity contribution in [3.63, 3.8) is 0 Å². The average molecular weight is 259 g/mol. The molecule has 1 aromatic carbocycles. The van der Waals surface area contributed by atoms with Gasteiger partial charge in [-0.25, -0.2) is 0 Å². The molecule has 4 heteroatoms. The maximum atomic E-state index is 11.4. The molecule has 0 aliphatic rings. The average Bonchev–Trinajstić information content (AvgIpc) is 2.36. The van der Waals surface area contributed by atoms with Crippen molar-refractivity contribution in [3.8, 4) is 6.07 Å². The van der Waals surface area contributed by atoms with Crippen LogP contribution < -0.4 is 5.32 Å². The largest absolute Gasteiger partial charge is 0.381 e. The highest BCUT2D eigenvalue weighted by atomic mass is 16.1. The van der Waals surface area contributed by atoms with Crippen LogP contribution >= 0.6 is 0 Å². The van der Waals surface area contributed by atoms with E-state index in [9.17, 15) is 4.79 Å². The molecule has 102 valence electrons. The smallest absolute Gasteiger partial charge is 0.159 e. The van der Waals surface area contributed by atoms with Gasteiger partial charge in [0.2, 0.25) is 0 Å². The Labute approximate surface area is 115 Å². The van der Waals surface area contributed by atoms with Crippen molar-refractivity contribution in [1.29, 1.82) is 5.26 Å². The second-order valence-electron chi connectivity index (χ2n) is 5.07. The van der Waals surface area contributed by atoms with E-state index in [4.69, 9.17) is 5.26 Å². The number of rotatable bonds is 6. The van der Waals surface area contributed by atoms with Gasteiger partial charge in [0.15, 0.2) is 5.78 Å². The zero-order chi connectivity index (χ0) is 14.4. The number of nitriles is 1. The van der Waals surface area contributed by atoms with E-state index in [-0.39, 0.29) is 11.8 Å². The third kappa shape index (κ3) is 4.72. The first-order valence-corrected chi connectivity index (χ1v) is 6.40. The van der Waals surface area contributed by atoms with Gasteiger partial charge < -0.3 is 10.2 Å². The molecule has 0 aliphatic carbocycles. The molecule has 0 aliphatic heterocycles. The summed E-state index contributed by atoms with van der Waals surface area (Å²) in [5.41, 5.74) is 1.93. The van der Waals surface area contributed by atoms with Crippen molar-refractivity contribution in [2.75, 3.05) is 26.0 Å². The minimum absolute atomic E-state index is 0.00786. The molecule has 19 heavy (non-hydrogen) atoms. The Balaban J connectivity index is 2.83. The van der Waals surface area contributed by atoms with Crippen molar-refractivity contribution < 1.29 is 4.79 Å². The van der Waals surface area contributed by atoms with Crippen LogP contribution in [0.2, 0.25) is 0 Å². The summed E-state index contributed by atoms with van der Waals surface area (Å²) in [6.07, 6.45) is 0.974. The van der Waals surface area contributed by atoms with Crippen LogP contribution in [0.5, 0.6) is 0 Å². The molecule has 0 radical (unpaired) electrons. The second-order valence-corrected chi connectivity index (χ2v) is 5.07. The molecule has 0 spiro atoms. The van der Waals surface area contributed by atoms with E-state index in [1.807, 2.05) is 14.1 Å². The molecule has 1 aromatic rings. The van der Waals surface area contributed by atoms with Crippen LogP contribution in [-0.2, 0) is 0 Å². The predicted molar refractivity (Wildman–Crippen MR) is 77.4 cm³/mol. The number of hydrogen-bond acceptors (Lipinski definition) is 4. The molecular formula is C15H21N3O. The summed E-state index contributed by atoms with van der Waals surface area (Å²) in [6, 6.07) is 7.53. The van der Waals surface area contributed by atoms with Crippen LogP contribution in [-0.4, -0.2) is 37.4 Å². The molecule has 1 unspecified atom stereocenters. The zero-order valence-corrected chi connectivity index (χ0v) is 12.0. The Hall–Kier alpha value is -1.86. The third-order valence-electron chi connectivity index (χ3n) is 2.96. The van der Waals surface area contributed by atoms with Gasteiger partial charge in [0, 0.05) is 11.6 Å². The lowest BCUT2D eigenvalue weighted by Crippen LogP contribution is -2.23. The van der Waals surface area contributed by atoms with E-state index in [0.717, 1.165) is 18.7 Å². The Bertz CT molecular complexity index is 489. The molecule has 0 aromatic heterocycles. The number of hydrogen-bond donors (Lipinski definition) is 1. The standard InChI is InChI=1S/C15H21N3O/c1-11(7-8-18(3)4)17-15-9-13(12(2)19)5-6-14(15)10-16/h5-6,9,11,17H,7-8H2,1-4H3. The molecule has 1 N–H and O–H groups in total. The lowest BCUT2D eigenvalue weighted by atomic mass is 10.1. The number of anilines is 1. The maximum absolute atomic E-state index is 11.4. The topological polar surface area (TPSA) is 56.1 Å². The molecule has 0 saturated carbocycles. The predicted octanol–water partition coefficient (Wildman–Crippen LogP) is 2.51. The second kappa shape index (κ2) is 6.91. The van der Waals surface area contributed by atoms with Crippen molar-refractivity contribution >= 4 is 11.5 Å². The summed E-state index contributed by atoms with van der Waals surface area (Å²) in [5.74, 6) is 0.00786. The number of Topliss-reactive ketones (excluding diaryl/α,β-unsaturated/α-hetero) is 1. The van der Waals surface area contributed by atoms with E-state index < -0.39 is 0 Å². The monoisotopic (exact) mass is 259 g/mol. The Morgan fingerprint density at radius 1 is 1.47 bits per heavy atom. The summed E-state index contributed by atoms with van der Waals surface area (Å²) >= 11 is 0. The summed E-state index contributed by atoms with van der Waals surface area (Å²) in [5, 5.41) is 12.4. The number of benzene rings is 1. The van der Waals surface area contributed by atoms with Crippen molar-refractivity contribution in [1.82, 2.24) is 4.90 Å². The number of nitrogens with one attached hydrogen (secondary N) is 1. The van der Waals surface area contributed by atoms with Crippen LogP contribution in [0.1, 0.15) is 36.2 Å². The van der Waals surface area contributed by atoms with E-state index in [0.29, 0.717) is 11.1 Å². The third-order valence-corrected chi connectivity index (χ3v) is 2.96. The van der Waals surface area contributed by atoms with Gasteiger partial charge in [-0.3, -0.25) is 4.79 Å². The number of ketones is 1. The first-order valence-electron chi connectivity index (χ1n) is 6.40. The maximum Gasteiger partial charge on any atom is 0.159 e. The molecule has 0 heterocycles.